The van der Waals surface area contributed by atoms with E-state index in [9.17, 15) is 9.59 Å². The molecule has 2 rings (SSSR count). The fraction of sp³-hybridized carbons (Fsp3) is 0.125. The molecule has 0 saturated carbocycles. The Morgan fingerprint density at radius 3 is 1.18 bits per heavy atom. The zero-order valence-electron chi connectivity index (χ0n) is 12.0. The van der Waals surface area contributed by atoms with Crippen LogP contribution in [0.4, 0.5) is 0 Å². The van der Waals surface area contributed by atoms with Gasteiger partial charge in [-0.3, -0.25) is 0 Å². The molecule has 22 heavy (non-hydrogen) atoms. The summed E-state index contributed by atoms with van der Waals surface area (Å²) in [4.78, 5) is 20.6. The Hall–Kier alpha value is -1.43. The van der Waals surface area contributed by atoms with Crippen LogP contribution in [0.1, 0.15) is 27.6 Å². The van der Waals surface area contributed by atoms with Crippen molar-refractivity contribution in [3.05, 3.63) is 83.3 Å². The van der Waals surface area contributed by atoms with E-state index >= 15 is 0 Å². The molecule has 0 saturated heterocycles. The Kier molecular flexibility index (Phi) is 15.1. The molecular formula is C16H18LuN2O3-2. The first-order valence-electron chi connectivity index (χ1n) is 6.25. The molecule has 3 N–H and O–H groups in total. The van der Waals surface area contributed by atoms with Crippen molar-refractivity contribution in [3.8, 4) is 0 Å². The Labute approximate surface area is 159 Å². The van der Waals surface area contributed by atoms with E-state index in [-0.39, 0.29) is 43.5 Å². The van der Waals surface area contributed by atoms with Crippen molar-refractivity contribution in [2.75, 3.05) is 6.61 Å². The van der Waals surface area contributed by atoms with Gasteiger partial charge in [0.05, 0.1) is 11.8 Å². The maximum absolute atomic E-state index is 10.3. The summed E-state index contributed by atoms with van der Waals surface area (Å²) in [6, 6.07) is 17.1. The molecular weight excluding hydrogens is 443 g/mol. The van der Waals surface area contributed by atoms with E-state index in [0.29, 0.717) is 11.1 Å². The third kappa shape index (κ3) is 11.3. The van der Waals surface area contributed by atoms with E-state index in [1.165, 1.54) is 0 Å². The maximum atomic E-state index is 10.3. The van der Waals surface area contributed by atoms with Crippen molar-refractivity contribution in [1.82, 2.24) is 0 Å². The minimum atomic E-state index is -0.629. The van der Waals surface area contributed by atoms with Gasteiger partial charge in [-0.2, -0.15) is 0 Å². The first-order chi connectivity index (χ1) is 10.0. The maximum Gasteiger partial charge on any atom is 0.0796 e. The molecule has 0 aromatic heterocycles. The summed E-state index contributed by atoms with van der Waals surface area (Å²) in [7, 11) is 0. The molecule has 2 aromatic rings. The number of hydrogen-bond donors (Lipinski definition) is 1. The Morgan fingerprint density at radius 2 is 1.05 bits per heavy atom. The van der Waals surface area contributed by atoms with Crippen molar-refractivity contribution in [3.63, 3.8) is 0 Å². The van der Waals surface area contributed by atoms with Crippen LogP contribution in [0.3, 0.4) is 0 Å². The van der Waals surface area contributed by atoms with Gasteiger partial charge in [0.2, 0.25) is 0 Å². The molecule has 2 aromatic carbocycles. The predicted molar refractivity (Wildman–Crippen MR) is 82.9 cm³/mol. The zero-order valence-corrected chi connectivity index (χ0v) is 13.7. The van der Waals surface area contributed by atoms with Crippen LogP contribution in [0.25, 0.3) is 11.5 Å². The zero-order chi connectivity index (χ0) is 16.1. The van der Waals surface area contributed by atoms with Crippen LogP contribution in [0.2, 0.25) is 0 Å². The van der Waals surface area contributed by atoms with Crippen LogP contribution in [-0.2, 0) is 0 Å². The summed E-state index contributed by atoms with van der Waals surface area (Å²) >= 11 is 0. The third-order valence-corrected chi connectivity index (χ3v) is 2.07. The van der Waals surface area contributed by atoms with E-state index in [0.717, 1.165) is 0 Å². The fourth-order valence-corrected chi connectivity index (χ4v) is 1.18. The third-order valence-electron chi connectivity index (χ3n) is 2.07. The summed E-state index contributed by atoms with van der Waals surface area (Å²) in [6.07, 6.45) is 0. The summed E-state index contributed by atoms with van der Waals surface area (Å²) in [5.41, 5.74) is 14.2. The molecule has 0 spiro atoms. The van der Waals surface area contributed by atoms with E-state index in [4.69, 9.17) is 16.6 Å². The van der Waals surface area contributed by atoms with Crippen molar-refractivity contribution in [1.29, 1.82) is 0 Å². The van der Waals surface area contributed by atoms with Crippen LogP contribution in [0.15, 0.2) is 60.7 Å². The molecule has 6 heteroatoms. The van der Waals surface area contributed by atoms with Crippen molar-refractivity contribution >= 4 is 11.8 Å². The quantitative estimate of drug-likeness (QED) is 0.737. The van der Waals surface area contributed by atoms with Gasteiger partial charge in [-0.05, 0) is 18.1 Å². The average Bonchev–Trinajstić information content (AvgIpc) is 2.50. The van der Waals surface area contributed by atoms with E-state index in [1.807, 2.05) is 12.1 Å². The normalized spacial score (nSPS) is 8.09. The first-order valence-corrected chi connectivity index (χ1v) is 6.25. The van der Waals surface area contributed by atoms with Gasteiger partial charge in [0.1, 0.15) is 0 Å². The molecule has 127 valence electrons. The van der Waals surface area contributed by atoms with Gasteiger partial charge in [-0.1, -0.05) is 60.7 Å². The van der Waals surface area contributed by atoms with Crippen LogP contribution >= 0.6 is 0 Å². The van der Waals surface area contributed by atoms with E-state index in [2.05, 4.69) is 0 Å². The standard InChI is InChI=1S/2C7H7NO.C2H6O.Lu/c2*8-7(9)6-4-2-1-3-5-6;1-2-3;/h2*1-5H,(H2,8,9);3H,2H2,1H3;/p-2. The second-order valence-electron chi connectivity index (χ2n) is 3.71. The SMILES string of the molecule is CCO.[Lu].[NH-]C(=O)c1ccccc1.[NH-]C(=O)c1ccccc1. The minimum Gasteiger partial charge on any atom is -0.664 e. The van der Waals surface area contributed by atoms with Gasteiger partial charge in [0, 0.05) is 43.5 Å². The van der Waals surface area contributed by atoms with Gasteiger partial charge in [0.25, 0.3) is 0 Å². The molecule has 0 heterocycles. The molecule has 0 aliphatic carbocycles. The van der Waals surface area contributed by atoms with Crippen LogP contribution in [0, 0.1) is 36.9 Å². The molecule has 1 radical (unpaired) electrons. The largest absolute Gasteiger partial charge is 0.664 e. The monoisotopic (exact) mass is 461 g/mol. The molecule has 0 fully saturated rings. The van der Waals surface area contributed by atoms with E-state index < -0.39 is 11.8 Å². The Balaban J connectivity index is 0. The number of hydrogen-bond acceptors (Lipinski definition) is 3. The van der Waals surface area contributed by atoms with E-state index in [1.54, 1.807) is 55.5 Å². The number of amides is 2. The smallest absolute Gasteiger partial charge is 0.0796 e. The number of benzene rings is 2. The number of aliphatic hydroxyl groups excluding tert-OH is 1. The van der Waals surface area contributed by atoms with Crippen molar-refractivity contribution in [2.45, 2.75) is 6.92 Å². The fourth-order valence-electron chi connectivity index (χ4n) is 1.18. The minimum absolute atomic E-state index is 0. The van der Waals surface area contributed by atoms with Gasteiger partial charge in [-0.25, -0.2) is 0 Å². The number of rotatable bonds is 2. The predicted octanol–water partition coefficient (Wildman–Crippen LogP) is 3.76. The molecule has 0 aliphatic heterocycles. The second kappa shape index (κ2) is 14.5. The summed E-state index contributed by atoms with van der Waals surface area (Å²) in [5.74, 6) is -1.26. The molecule has 2 amide bonds. The summed E-state index contributed by atoms with van der Waals surface area (Å²) in [5, 5.41) is 7.57. The number of nitrogens with one attached hydrogen (secondary N) is 2. The first kappa shape index (κ1) is 22.8. The van der Waals surface area contributed by atoms with Crippen molar-refractivity contribution in [2.24, 2.45) is 0 Å². The molecule has 5 nitrogen and oxygen atoms in total. The van der Waals surface area contributed by atoms with Crippen molar-refractivity contribution < 1.29 is 51.6 Å². The van der Waals surface area contributed by atoms with Gasteiger partial charge in [-0.15, -0.1) is 0 Å². The van der Waals surface area contributed by atoms with Gasteiger partial charge in [0.15, 0.2) is 0 Å². The number of carbonyl (C=O) groups is 2. The van der Waals surface area contributed by atoms with Crippen LogP contribution in [-0.4, -0.2) is 23.5 Å². The van der Waals surface area contributed by atoms with Crippen LogP contribution in [0.5, 0.6) is 0 Å². The summed E-state index contributed by atoms with van der Waals surface area (Å²) < 4.78 is 0. The Bertz CT molecular complexity index is 484. The number of aliphatic hydroxyl groups is 1. The molecule has 0 atom stereocenters. The topological polar surface area (TPSA) is 102 Å². The molecule has 0 bridgehead atoms. The average molecular weight is 461 g/mol. The van der Waals surface area contributed by atoms with Gasteiger partial charge >= 0.3 is 0 Å². The number of carbonyl (C=O) groups excluding carboxylic acids is 2. The summed E-state index contributed by atoms with van der Waals surface area (Å²) in [6.45, 7) is 1.93. The molecule has 0 aliphatic rings. The van der Waals surface area contributed by atoms with Crippen LogP contribution < -0.4 is 0 Å². The molecule has 0 unspecified atom stereocenters. The second-order valence-corrected chi connectivity index (χ2v) is 3.71. The van der Waals surface area contributed by atoms with Gasteiger partial charge < -0.3 is 26.2 Å². The Morgan fingerprint density at radius 1 is 0.818 bits per heavy atom.